The highest BCUT2D eigenvalue weighted by molar-refractivity contribution is 6.19. The Morgan fingerprint density at radius 1 is 1.35 bits per heavy atom. The molecule has 1 aromatic rings. The van der Waals surface area contributed by atoms with Crippen molar-refractivity contribution in [1.82, 2.24) is 15.2 Å². The highest BCUT2D eigenvalue weighted by Gasteiger charge is 2.57. The smallest absolute Gasteiger partial charge is 0.277 e. The van der Waals surface area contributed by atoms with Crippen LogP contribution in [0.15, 0.2) is 18.5 Å². The number of pyridine rings is 1. The van der Waals surface area contributed by atoms with E-state index in [2.05, 4.69) is 10.3 Å². The van der Waals surface area contributed by atoms with Gasteiger partial charge in [-0.1, -0.05) is 6.42 Å². The molecule has 2 fully saturated rings. The van der Waals surface area contributed by atoms with Crippen LogP contribution < -0.4 is 5.32 Å². The zero-order valence-electron chi connectivity index (χ0n) is 11.2. The number of nitrogens with one attached hydrogen (secondary N) is 1. The Morgan fingerprint density at radius 2 is 2.10 bits per heavy atom. The second-order valence-electron chi connectivity index (χ2n) is 5.39. The number of barbiturate groups is 1. The van der Waals surface area contributed by atoms with E-state index in [4.69, 9.17) is 0 Å². The molecule has 1 saturated carbocycles. The Labute approximate surface area is 116 Å². The number of carbonyl (C=O) groups is 3. The molecule has 1 saturated heterocycles. The Bertz CT molecular complexity index is 607. The van der Waals surface area contributed by atoms with Crippen LogP contribution in [0.3, 0.4) is 0 Å². The van der Waals surface area contributed by atoms with Crippen molar-refractivity contribution in [2.24, 2.45) is 5.41 Å². The van der Waals surface area contributed by atoms with Crippen molar-refractivity contribution >= 4 is 17.8 Å². The topological polar surface area (TPSA) is 79.4 Å². The number of nitrogens with zero attached hydrogens (tertiary/aromatic N) is 2. The zero-order chi connectivity index (χ0) is 14.3. The number of carbonyl (C=O) groups excluding carboxylic acids is 3. The van der Waals surface area contributed by atoms with Gasteiger partial charge in [0.1, 0.15) is 5.41 Å². The van der Waals surface area contributed by atoms with Gasteiger partial charge in [0, 0.05) is 12.4 Å². The summed E-state index contributed by atoms with van der Waals surface area (Å²) in [6.07, 6.45) is 5.18. The van der Waals surface area contributed by atoms with E-state index in [1.807, 2.05) is 13.0 Å². The predicted octanol–water partition coefficient (Wildman–Crippen LogP) is 1.14. The Balaban J connectivity index is 1.89. The Morgan fingerprint density at radius 3 is 2.70 bits per heavy atom. The van der Waals surface area contributed by atoms with Gasteiger partial charge in [0.25, 0.3) is 0 Å². The van der Waals surface area contributed by atoms with Gasteiger partial charge in [-0.15, -0.1) is 0 Å². The first kappa shape index (κ1) is 12.8. The van der Waals surface area contributed by atoms with Crippen LogP contribution in [0.1, 0.15) is 30.4 Å². The summed E-state index contributed by atoms with van der Waals surface area (Å²) in [4.78, 5) is 41.4. The number of hydrogen-bond donors (Lipinski definition) is 1. The van der Waals surface area contributed by atoms with Crippen LogP contribution in [-0.4, -0.2) is 27.7 Å². The monoisotopic (exact) mass is 273 g/mol. The fraction of sp³-hybridized carbons (Fsp3) is 0.429. The number of imide groups is 2. The van der Waals surface area contributed by atoms with Crippen LogP contribution in [0.2, 0.25) is 0 Å². The van der Waals surface area contributed by atoms with Gasteiger partial charge in [0.05, 0.1) is 6.54 Å². The van der Waals surface area contributed by atoms with E-state index in [1.54, 1.807) is 12.4 Å². The summed E-state index contributed by atoms with van der Waals surface area (Å²) in [5.41, 5.74) is 0.754. The van der Waals surface area contributed by atoms with E-state index >= 15 is 0 Å². The number of urea groups is 1. The minimum absolute atomic E-state index is 0.152. The van der Waals surface area contributed by atoms with Gasteiger partial charge in [-0.2, -0.15) is 0 Å². The summed E-state index contributed by atoms with van der Waals surface area (Å²) in [5.74, 6) is -0.821. The van der Waals surface area contributed by atoms with E-state index < -0.39 is 17.4 Å². The Hall–Kier alpha value is -2.24. The van der Waals surface area contributed by atoms with Crippen molar-refractivity contribution in [1.29, 1.82) is 0 Å². The lowest BCUT2D eigenvalue weighted by Gasteiger charge is -2.44. The van der Waals surface area contributed by atoms with Crippen LogP contribution in [0.25, 0.3) is 0 Å². The minimum Gasteiger partial charge on any atom is -0.277 e. The SMILES string of the molecule is Cc1ccncc1CN1C(=O)NC(=O)C2(CCC2)C1=O. The van der Waals surface area contributed by atoms with E-state index in [0.29, 0.717) is 12.8 Å². The average molecular weight is 273 g/mol. The van der Waals surface area contributed by atoms with Gasteiger partial charge in [-0.05, 0) is 37.0 Å². The Kier molecular flexibility index (Phi) is 2.81. The molecule has 0 radical (unpaired) electrons. The third kappa shape index (κ3) is 1.71. The number of rotatable bonds is 2. The van der Waals surface area contributed by atoms with Gasteiger partial charge < -0.3 is 0 Å². The van der Waals surface area contributed by atoms with Crippen LogP contribution >= 0.6 is 0 Å². The molecule has 104 valence electrons. The summed E-state index contributed by atoms with van der Waals surface area (Å²) in [6, 6.07) is 1.19. The summed E-state index contributed by atoms with van der Waals surface area (Å²) in [5, 5.41) is 2.30. The highest BCUT2D eigenvalue weighted by atomic mass is 16.2. The number of hydrogen-bond acceptors (Lipinski definition) is 4. The molecule has 0 unspecified atom stereocenters. The van der Waals surface area contributed by atoms with Crippen LogP contribution in [0.5, 0.6) is 0 Å². The first-order valence-electron chi connectivity index (χ1n) is 6.61. The van der Waals surface area contributed by atoms with Gasteiger partial charge >= 0.3 is 6.03 Å². The maximum Gasteiger partial charge on any atom is 0.331 e. The third-order valence-electron chi connectivity index (χ3n) is 4.24. The van der Waals surface area contributed by atoms with Gasteiger partial charge in [-0.3, -0.25) is 24.8 Å². The molecule has 1 aliphatic carbocycles. The van der Waals surface area contributed by atoms with Gasteiger partial charge in [0.2, 0.25) is 11.8 Å². The molecule has 1 N–H and O–H groups in total. The molecular weight excluding hydrogens is 258 g/mol. The lowest BCUT2D eigenvalue weighted by atomic mass is 9.66. The molecule has 6 nitrogen and oxygen atoms in total. The van der Waals surface area contributed by atoms with Crippen LogP contribution in [0.4, 0.5) is 4.79 Å². The summed E-state index contributed by atoms with van der Waals surface area (Å²) in [6.45, 7) is 2.05. The molecule has 1 spiro atoms. The maximum atomic E-state index is 12.5. The average Bonchev–Trinajstić information content (AvgIpc) is 2.34. The standard InChI is InChI=1S/C14H15N3O3/c1-9-3-6-15-7-10(9)8-17-12(19)14(4-2-5-14)11(18)16-13(17)20/h3,6-7H,2,4-5,8H2,1H3,(H,16,18,20). The third-order valence-corrected chi connectivity index (χ3v) is 4.24. The molecule has 2 heterocycles. The first-order chi connectivity index (χ1) is 9.54. The summed E-state index contributed by atoms with van der Waals surface area (Å²) < 4.78 is 0. The normalized spacial score (nSPS) is 20.9. The van der Waals surface area contributed by atoms with Gasteiger partial charge in [0.15, 0.2) is 0 Å². The van der Waals surface area contributed by atoms with E-state index in [9.17, 15) is 14.4 Å². The molecule has 0 aromatic carbocycles. The molecule has 4 amide bonds. The van der Waals surface area contributed by atoms with E-state index in [0.717, 1.165) is 22.4 Å². The van der Waals surface area contributed by atoms with Crippen molar-refractivity contribution in [3.63, 3.8) is 0 Å². The fourth-order valence-corrected chi connectivity index (χ4v) is 2.68. The first-order valence-corrected chi connectivity index (χ1v) is 6.61. The van der Waals surface area contributed by atoms with Crippen molar-refractivity contribution < 1.29 is 14.4 Å². The second kappa shape index (κ2) is 4.40. The van der Waals surface area contributed by atoms with Crippen molar-refractivity contribution in [2.45, 2.75) is 32.7 Å². The quantitative estimate of drug-likeness (QED) is 0.819. The predicted molar refractivity (Wildman–Crippen MR) is 69.3 cm³/mol. The number of amides is 4. The van der Waals surface area contributed by atoms with Crippen molar-refractivity contribution in [3.05, 3.63) is 29.6 Å². The number of aromatic nitrogens is 1. The van der Waals surface area contributed by atoms with E-state index in [1.165, 1.54) is 0 Å². The largest absolute Gasteiger partial charge is 0.331 e. The lowest BCUT2D eigenvalue weighted by molar-refractivity contribution is -0.158. The zero-order valence-corrected chi connectivity index (χ0v) is 11.2. The van der Waals surface area contributed by atoms with Crippen molar-refractivity contribution in [3.8, 4) is 0 Å². The second-order valence-corrected chi connectivity index (χ2v) is 5.39. The minimum atomic E-state index is -1.01. The molecule has 6 heteroatoms. The molecule has 1 aromatic heterocycles. The maximum absolute atomic E-state index is 12.5. The molecule has 2 aliphatic rings. The molecular formula is C14H15N3O3. The fourth-order valence-electron chi connectivity index (χ4n) is 2.68. The van der Waals surface area contributed by atoms with Crippen molar-refractivity contribution in [2.75, 3.05) is 0 Å². The molecule has 0 atom stereocenters. The highest BCUT2D eigenvalue weighted by Crippen LogP contribution is 2.44. The lowest BCUT2D eigenvalue weighted by Crippen LogP contribution is -2.65. The number of aryl methyl sites for hydroxylation is 1. The molecule has 1 aliphatic heterocycles. The summed E-state index contributed by atoms with van der Waals surface area (Å²) >= 11 is 0. The van der Waals surface area contributed by atoms with Crippen LogP contribution in [0, 0.1) is 12.3 Å². The molecule has 0 bridgehead atoms. The van der Waals surface area contributed by atoms with Gasteiger partial charge in [-0.25, -0.2) is 4.79 Å². The van der Waals surface area contributed by atoms with E-state index in [-0.39, 0.29) is 12.5 Å². The van der Waals surface area contributed by atoms with Crippen LogP contribution in [-0.2, 0) is 16.1 Å². The molecule has 3 rings (SSSR count). The summed E-state index contributed by atoms with van der Waals surface area (Å²) in [7, 11) is 0. The molecule has 20 heavy (non-hydrogen) atoms.